The number of nitrogens with zero attached hydrogens (tertiary/aromatic N) is 4. The van der Waals surface area contributed by atoms with Crippen molar-refractivity contribution in [2.45, 2.75) is 38.1 Å². The lowest BCUT2D eigenvalue weighted by atomic mass is 10.0. The van der Waals surface area contributed by atoms with Gasteiger partial charge < -0.3 is 15.1 Å². The van der Waals surface area contributed by atoms with E-state index in [9.17, 15) is 9.90 Å². The molecule has 0 amide bonds. The number of carboxylic acids is 1. The van der Waals surface area contributed by atoms with Gasteiger partial charge in [0.2, 0.25) is 0 Å². The Morgan fingerprint density at radius 2 is 2.05 bits per heavy atom. The maximum Gasteiger partial charge on any atom is 0.313 e. The highest BCUT2D eigenvalue weighted by atomic mass is 32.2. The van der Waals surface area contributed by atoms with Crippen molar-refractivity contribution >= 4 is 17.7 Å². The normalized spacial score (nSPS) is 13.1. The molecule has 2 N–H and O–H groups in total. The molecule has 1 rings (SSSR count). The fourth-order valence-electron chi connectivity index (χ4n) is 2.23. The standard InChI is InChI=1S/C13H24N4O3S/c1-9(2)5-10(6-16(3)4)17-11(7-18)14-15-13(17)21-8-12(19)20/h9-10,18H,5-8H2,1-4H3,(H,19,20). The summed E-state index contributed by atoms with van der Waals surface area (Å²) >= 11 is 1.13. The van der Waals surface area contributed by atoms with Gasteiger partial charge in [-0.15, -0.1) is 10.2 Å². The summed E-state index contributed by atoms with van der Waals surface area (Å²) in [5, 5.41) is 26.8. The van der Waals surface area contributed by atoms with Crippen molar-refractivity contribution in [2.24, 2.45) is 5.92 Å². The van der Waals surface area contributed by atoms with E-state index >= 15 is 0 Å². The molecule has 1 aromatic rings. The largest absolute Gasteiger partial charge is 0.481 e. The molecular weight excluding hydrogens is 292 g/mol. The Hall–Kier alpha value is -1.12. The molecule has 1 aromatic heterocycles. The van der Waals surface area contributed by atoms with Crippen molar-refractivity contribution in [2.75, 3.05) is 26.4 Å². The van der Waals surface area contributed by atoms with E-state index in [2.05, 4.69) is 28.9 Å². The Balaban J connectivity index is 3.07. The van der Waals surface area contributed by atoms with E-state index in [0.29, 0.717) is 16.9 Å². The smallest absolute Gasteiger partial charge is 0.313 e. The van der Waals surface area contributed by atoms with Gasteiger partial charge in [0.15, 0.2) is 11.0 Å². The van der Waals surface area contributed by atoms with Crippen LogP contribution < -0.4 is 0 Å². The van der Waals surface area contributed by atoms with Gasteiger partial charge in [-0.2, -0.15) is 0 Å². The highest BCUT2D eigenvalue weighted by Gasteiger charge is 2.22. The first-order valence-corrected chi connectivity index (χ1v) is 7.87. The van der Waals surface area contributed by atoms with E-state index in [1.54, 1.807) is 0 Å². The van der Waals surface area contributed by atoms with Crippen molar-refractivity contribution < 1.29 is 15.0 Å². The molecule has 0 radical (unpaired) electrons. The number of aromatic nitrogens is 3. The number of carboxylic acid groups (broad SMARTS) is 1. The molecule has 120 valence electrons. The first kappa shape index (κ1) is 17.9. The summed E-state index contributed by atoms with van der Waals surface area (Å²) in [5.74, 6) is -0.00959. The molecule has 1 atom stereocenters. The van der Waals surface area contributed by atoms with Gasteiger partial charge in [0, 0.05) is 6.54 Å². The minimum absolute atomic E-state index is 0.0695. The Kier molecular flexibility index (Phi) is 7.13. The number of aliphatic hydroxyl groups excluding tert-OH is 1. The maximum absolute atomic E-state index is 10.7. The molecule has 0 aliphatic heterocycles. The highest BCUT2D eigenvalue weighted by Crippen LogP contribution is 2.26. The molecular formula is C13H24N4O3S. The molecule has 0 bridgehead atoms. The van der Waals surface area contributed by atoms with Crippen LogP contribution in [0, 0.1) is 5.92 Å². The predicted octanol–water partition coefficient (Wildman–Crippen LogP) is 1.10. The topological polar surface area (TPSA) is 91.5 Å². The van der Waals surface area contributed by atoms with E-state index in [-0.39, 0.29) is 18.4 Å². The van der Waals surface area contributed by atoms with Gasteiger partial charge >= 0.3 is 5.97 Å². The zero-order valence-electron chi connectivity index (χ0n) is 13.0. The van der Waals surface area contributed by atoms with E-state index in [0.717, 1.165) is 24.7 Å². The third-order valence-electron chi connectivity index (χ3n) is 2.89. The van der Waals surface area contributed by atoms with Crippen LogP contribution in [0.25, 0.3) is 0 Å². The molecule has 0 spiro atoms. The molecule has 0 aliphatic carbocycles. The second-order valence-corrected chi connectivity index (χ2v) is 6.60. The summed E-state index contributed by atoms with van der Waals surface area (Å²) in [6.45, 7) is 4.85. The summed E-state index contributed by atoms with van der Waals surface area (Å²) in [7, 11) is 3.97. The molecule has 7 nitrogen and oxygen atoms in total. The third-order valence-corrected chi connectivity index (χ3v) is 3.81. The summed E-state index contributed by atoms with van der Waals surface area (Å²) in [5.41, 5.74) is 0. The van der Waals surface area contributed by atoms with Crippen LogP contribution in [0.2, 0.25) is 0 Å². The highest BCUT2D eigenvalue weighted by molar-refractivity contribution is 7.99. The number of aliphatic hydroxyl groups is 1. The van der Waals surface area contributed by atoms with Crippen LogP contribution in [-0.2, 0) is 11.4 Å². The lowest BCUT2D eigenvalue weighted by Gasteiger charge is -2.26. The summed E-state index contributed by atoms with van der Waals surface area (Å²) in [4.78, 5) is 12.8. The van der Waals surface area contributed by atoms with Crippen LogP contribution in [0.3, 0.4) is 0 Å². The fraction of sp³-hybridized carbons (Fsp3) is 0.769. The van der Waals surface area contributed by atoms with Crippen LogP contribution in [-0.4, -0.2) is 62.2 Å². The molecule has 0 saturated heterocycles. The number of hydrogen-bond acceptors (Lipinski definition) is 6. The number of rotatable bonds is 9. The molecule has 8 heteroatoms. The summed E-state index contributed by atoms with van der Waals surface area (Å²) in [6.07, 6.45) is 0.907. The summed E-state index contributed by atoms with van der Waals surface area (Å²) in [6, 6.07) is 0.105. The van der Waals surface area contributed by atoms with Gasteiger partial charge in [0.05, 0.1) is 11.8 Å². The second kappa shape index (κ2) is 8.35. The van der Waals surface area contributed by atoms with Crippen LogP contribution in [0.1, 0.15) is 32.1 Å². The first-order chi connectivity index (χ1) is 9.85. The Morgan fingerprint density at radius 1 is 1.38 bits per heavy atom. The second-order valence-electron chi connectivity index (χ2n) is 5.65. The predicted molar refractivity (Wildman–Crippen MR) is 81.4 cm³/mol. The Labute approximate surface area is 129 Å². The molecule has 0 aromatic carbocycles. The summed E-state index contributed by atoms with van der Waals surface area (Å²) < 4.78 is 1.88. The number of carbonyl (C=O) groups is 1. The van der Waals surface area contributed by atoms with Crippen molar-refractivity contribution in [1.29, 1.82) is 0 Å². The molecule has 1 unspecified atom stereocenters. The minimum atomic E-state index is -0.895. The average Bonchev–Trinajstić information content (AvgIpc) is 2.77. The number of thioether (sulfide) groups is 1. The van der Waals surface area contributed by atoms with E-state index in [1.807, 2.05) is 18.7 Å². The SMILES string of the molecule is CC(C)CC(CN(C)C)n1c(CO)nnc1SCC(=O)O. The molecule has 0 aliphatic rings. The molecule has 21 heavy (non-hydrogen) atoms. The Morgan fingerprint density at radius 3 is 2.52 bits per heavy atom. The molecule has 1 heterocycles. The lowest BCUT2D eigenvalue weighted by Crippen LogP contribution is -2.27. The number of aliphatic carboxylic acids is 1. The van der Waals surface area contributed by atoms with Crippen molar-refractivity contribution in [1.82, 2.24) is 19.7 Å². The first-order valence-electron chi connectivity index (χ1n) is 6.89. The maximum atomic E-state index is 10.7. The Bertz CT molecular complexity index is 452. The van der Waals surface area contributed by atoms with Gasteiger partial charge in [-0.1, -0.05) is 25.6 Å². The van der Waals surface area contributed by atoms with Crippen LogP contribution >= 0.6 is 11.8 Å². The van der Waals surface area contributed by atoms with Gasteiger partial charge in [0.25, 0.3) is 0 Å². The zero-order valence-corrected chi connectivity index (χ0v) is 13.8. The van der Waals surface area contributed by atoms with Gasteiger partial charge in [-0.25, -0.2) is 0 Å². The minimum Gasteiger partial charge on any atom is -0.481 e. The zero-order chi connectivity index (χ0) is 16.0. The van der Waals surface area contributed by atoms with Crippen LogP contribution in [0.5, 0.6) is 0 Å². The quantitative estimate of drug-likeness (QED) is 0.659. The third kappa shape index (κ3) is 5.64. The van der Waals surface area contributed by atoms with Gasteiger partial charge in [-0.05, 0) is 26.4 Å². The van der Waals surface area contributed by atoms with E-state index in [1.165, 1.54) is 0 Å². The fourth-order valence-corrected chi connectivity index (χ4v) is 2.98. The van der Waals surface area contributed by atoms with Gasteiger partial charge in [0.1, 0.15) is 6.61 Å². The van der Waals surface area contributed by atoms with Gasteiger partial charge in [-0.3, -0.25) is 9.36 Å². The van der Waals surface area contributed by atoms with Crippen molar-refractivity contribution in [3.63, 3.8) is 0 Å². The van der Waals surface area contributed by atoms with Crippen molar-refractivity contribution in [3.05, 3.63) is 5.82 Å². The van der Waals surface area contributed by atoms with E-state index < -0.39 is 5.97 Å². The number of likely N-dealkylation sites (N-methyl/N-ethyl adjacent to an activating group) is 1. The molecule has 0 fully saturated rings. The van der Waals surface area contributed by atoms with Crippen molar-refractivity contribution in [3.8, 4) is 0 Å². The lowest BCUT2D eigenvalue weighted by molar-refractivity contribution is -0.133. The number of hydrogen-bond donors (Lipinski definition) is 2. The van der Waals surface area contributed by atoms with Crippen LogP contribution in [0.15, 0.2) is 5.16 Å². The average molecular weight is 316 g/mol. The van der Waals surface area contributed by atoms with E-state index in [4.69, 9.17) is 5.11 Å². The monoisotopic (exact) mass is 316 g/mol. The van der Waals surface area contributed by atoms with Crippen LogP contribution in [0.4, 0.5) is 0 Å². The molecule has 0 saturated carbocycles.